The minimum atomic E-state index is 0.524. The van der Waals surface area contributed by atoms with Crippen molar-refractivity contribution < 1.29 is 0 Å². The summed E-state index contributed by atoms with van der Waals surface area (Å²) < 4.78 is 0. The molecule has 0 radical (unpaired) electrons. The number of hydrogen-bond donors (Lipinski definition) is 0. The molecule has 0 spiro atoms. The Bertz CT molecular complexity index is 395. The molecule has 0 aliphatic carbocycles. The minimum absolute atomic E-state index is 0.524. The Morgan fingerprint density at radius 3 is 2.24 bits per heavy atom. The van der Waals surface area contributed by atoms with Crippen LogP contribution in [0.25, 0.3) is 6.08 Å². The molecular formula is C21H34. The molecule has 0 atom stereocenters. The summed E-state index contributed by atoms with van der Waals surface area (Å²) in [5.41, 5.74) is 3.20. The lowest BCUT2D eigenvalue weighted by atomic mass is 9.81. The third kappa shape index (κ3) is 8.09. The first kappa shape index (κ1) is 18.0. The van der Waals surface area contributed by atoms with Gasteiger partial charge in [0.15, 0.2) is 0 Å². The van der Waals surface area contributed by atoms with Crippen molar-refractivity contribution in [3.05, 3.63) is 42.0 Å². The van der Waals surface area contributed by atoms with Crippen LogP contribution in [0.3, 0.4) is 0 Å². The summed E-state index contributed by atoms with van der Waals surface area (Å²) in [6, 6.07) is 8.81. The van der Waals surface area contributed by atoms with Crippen molar-refractivity contribution >= 4 is 6.08 Å². The van der Waals surface area contributed by atoms with Gasteiger partial charge in [-0.3, -0.25) is 0 Å². The summed E-state index contributed by atoms with van der Waals surface area (Å²) >= 11 is 0. The molecule has 0 unspecified atom stereocenters. The smallest absolute Gasteiger partial charge is 0.0262 e. The molecule has 0 heteroatoms. The van der Waals surface area contributed by atoms with E-state index in [1.54, 1.807) is 0 Å². The molecule has 0 amide bonds. The van der Waals surface area contributed by atoms with E-state index in [1.807, 2.05) is 6.08 Å². The van der Waals surface area contributed by atoms with Gasteiger partial charge in [0.25, 0.3) is 0 Å². The lowest BCUT2D eigenvalue weighted by Crippen LogP contribution is -2.12. The summed E-state index contributed by atoms with van der Waals surface area (Å²) in [5.74, 6) is 0.836. The molecule has 1 aromatic rings. The predicted octanol–water partition coefficient (Wildman–Crippen LogP) is 6.89. The van der Waals surface area contributed by atoms with Gasteiger partial charge in [-0.1, -0.05) is 83.9 Å². The Hall–Kier alpha value is -1.04. The second kappa shape index (κ2) is 9.07. The summed E-state index contributed by atoms with van der Waals surface area (Å²) in [4.78, 5) is 0. The van der Waals surface area contributed by atoms with E-state index in [0.29, 0.717) is 5.41 Å². The Morgan fingerprint density at radius 2 is 1.67 bits per heavy atom. The number of unbranched alkanes of at least 4 members (excludes halogenated alkanes) is 2. The largest absolute Gasteiger partial charge is 0.0985 e. The monoisotopic (exact) mass is 286 g/mol. The molecule has 1 rings (SSSR count). The summed E-state index contributed by atoms with van der Waals surface area (Å²) in [6.07, 6.45) is 11.3. The number of rotatable bonds is 10. The van der Waals surface area contributed by atoms with E-state index in [2.05, 4.69) is 58.5 Å². The first-order valence-corrected chi connectivity index (χ1v) is 8.64. The topological polar surface area (TPSA) is 0 Å². The number of benzene rings is 1. The summed E-state index contributed by atoms with van der Waals surface area (Å²) in [6.45, 7) is 13.3. The van der Waals surface area contributed by atoms with E-state index in [4.69, 9.17) is 0 Å². The molecular weight excluding hydrogens is 252 g/mol. The molecule has 0 aliphatic heterocycles. The van der Waals surface area contributed by atoms with Crippen molar-refractivity contribution in [2.24, 2.45) is 11.3 Å². The first-order chi connectivity index (χ1) is 9.93. The van der Waals surface area contributed by atoms with Crippen molar-refractivity contribution in [2.75, 3.05) is 0 Å². The molecule has 0 aliphatic rings. The fourth-order valence-electron chi connectivity index (χ4n) is 2.73. The molecule has 0 fully saturated rings. The van der Waals surface area contributed by atoms with Crippen molar-refractivity contribution in [3.63, 3.8) is 0 Å². The Labute approximate surface area is 132 Å². The molecule has 0 nitrogen and oxygen atoms in total. The highest BCUT2D eigenvalue weighted by atomic mass is 14.2. The van der Waals surface area contributed by atoms with Crippen LogP contribution in [0, 0.1) is 11.3 Å². The van der Waals surface area contributed by atoms with Gasteiger partial charge in [0, 0.05) is 0 Å². The molecule has 0 saturated heterocycles. The SMILES string of the molecule is C=Cc1ccc(CCCCCC(C)(C)CCC(C)C)cc1. The van der Waals surface area contributed by atoms with Crippen LogP contribution in [0.5, 0.6) is 0 Å². The third-order valence-electron chi connectivity index (χ3n) is 4.43. The van der Waals surface area contributed by atoms with Gasteiger partial charge in [0.2, 0.25) is 0 Å². The second-order valence-electron chi connectivity index (χ2n) is 7.60. The Morgan fingerprint density at radius 1 is 1.00 bits per heavy atom. The van der Waals surface area contributed by atoms with E-state index in [1.165, 1.54) is 56.1 Å². The lowest BCUT2D eigenvalue weighted by Gasteiger charge is -2.25. The van der Waals surface area contributed by atoms with Crippen LogP contribution < -0.4 is 0 Å². The zero-order valence-corrected chi connectivity index (χ0v) is 14.6. The highest BCUT2D eigenvalue weighted by Crippen LogP contribution is 2.30. The fourth-order valence-corrected chi connectivity index (χ4v) is 2.73. The van der Waals surface area contributed by atoms with Crippen molar-refractivity contribution in [1.82, 2.24) is 0 Å². The lowest BCUT2D eigenvalue weighted by molar-refractivity contribution is 0.271. The number of aryl methyl sites for hydroxylation is 1. The van der Waals surface area contributed by atoms with Crippen LogP contribution >= 0.6 is 0 Å². The maximum Gasteiger partial charge on any atom is -0.0262 e. The predicted molar refractivity (Wildman–Crippen MR) is 96.6 cm³/mol. The zero-order chi connectivity index (χ0) is 15.7. The van der Waals surface area contributed by atoms with Crippen molar-refractivity contribution in [3.8, 4) is 0 Å². The maximum atomic E-state index is 3.80. The normalized spacial score (nSPS) is 11.9. The molecule has 118 valence electrons. The quantitative estimate of drug-likeness (QED) is 0.410. The molecule has 0 N–H and O–H groups in total. The van der Waals surface area contributed by atoms with E-state index in [-0.39, 0.29) is 0 Å². The standard InChI is InChI=1S/C21H34/c1-6-19-11-13-20(14-12-19)10-8-7-9-16-21(4,5)17-15-18(2)3/h6,11-14,18H,1,7-10,15-17H2,2-5H3. The van der Waals surface area contributed by atoms with Gasteiger partial charge in [0.1, 0.15) is 0 Å². The Balaban J connectivity index is 2.17. The zero-order valence-electron chi connectivity index (χ0n) is 14.6. The van der Waals surface area contributed by atoms with Gasteiger partial charge in [-0.05, 0) is 48.1 Å². The average molecular weight is 287 g/mol. The van der Waals surface area contributed by atoms with Gasteiger partial charge >= 0.3 is 0 Å². The highest BCUT2D eigenvalue weighted by Gasteiger charge is 2.17. The van der Waals surface area contributed by atoms with Crippen LogP contribution in [-0.2, 0) is 6.42 Å². The van der Waals surface area contributed by atoms with E-state index < -0.39 is 0 Å². The average Bonchev–Trinajstić information content (AvgIpc) is 2.45. The fraction of sp³-hybridized carbons (Fsp3) is 0.619. The first-order valence-electron chi connectivity index (χ1n) is 8.64. The van der Waals surface area contributed by atoms with Gasteiger partial charge in [-0.15, -0.1) is 0 Å². The molecule has 0 heterocycles. The Kier molecular flexibility index (Phi) is 7.78. The third-order valence-corrected chi connectivity index (χ3v) is 4.43. The van der Waals surface area contributed by atoms with Gasteiger partial charge in [-0.2, -0.15) is 0 Å². The van der Waals surface area contributed by atoms with Gasteiger partial charge in [-0.25, -0.2) is 0 Å². The van der Waals surface area contributed by atoms with E-state index >= 15 is 0 Å². The molecule has 1 aromatic carbocycles. The molecule has 0 bridgehead atoms. The van der Waals surface area contributed by atoms with Crippen LogP contribution in [0.15, 0.2) is 30.8 Å². The summed E-state index contributed by atoms with van der Waals surface area (Å²) in [7, 11) is 0. The van der Waals surface area contributed by atoms with Crippen LogP contribution in [0.4, 0.5) is 0 Å². The summed E-state index contributed by atoms with van der Waals surface area (Å²) in [5, 5.41) is 0. The second-order valence-corrected chi connectivity index (χ2v) is 7.60. The maximum absolute atomic E-state index is 3.80. The molecule has 21 heavy (non-hydrogen) atoms. The minimum Gasteiger partial charge on any atom is -0.0985 e. The number of hydrogen-bond acceptors (Lipinski definition) is 0. The van der Waals surface area contributed by atoms with E-state index in [9.17, 15) is 0 Å². The molecule has 0 saturated carbocycles. The van der Waals surface area contributed by atoms with Crippen molar-refractivity contribution in [1.29, 1.82) is 0 Å². The van der Waals surface area contributed by atoms with Crippen molar-refractivity contribution in [2.45, 2.75) is 72.6 Å². The van der Waals surface area contributed by atoms with Crippen LogP contribution in [0.1, 0.15) is 77.3 Å². The van der Waals surface area contributed by atoms with Crippen LogP contribution in [-0.4, -0.2) is 0 Å². The van der Waals surface area contributed by atoms with Gasteiger partial charge in [0.05, 0.1) is 0 Å². The molecule has 0 aromatic heterocycles. The van der Waals surface area contributed by atoms with Crippen LogP contribution in [0.2, 0.25) is 0 Å². The van der Waals surface area contributed by atoms with E-state index in [0.717, 1.165) is 5.92 Å². The van der Waals surface area contributed by atoms with Gasteiger partial charge < -0.3 is 0 Å². The highest BCUT2D eigenvalue weighted by molar-refractivity contribution is 5.47.